The largest absolute Gasteiger partial charge is 0.481 e. The van der Waals surface area contributed by atoms with Crippen molar-refractivity contribution >= 4 is 33.9 Å². The van der Waals surface area contributed by atoms with Gasteiger partial charge in [0.15, 0.2) is 6.61 Å². The number of nitrogens with zero attached hydrogens (tertiary/aromatic N) is 1. The molecular weight excluding hydrogens is 412 g/mol. The lowest BCUT2D eigenvalue weighted by Gasteiger charge is -2.29. The molecule has 0 bridgehead atoms. The number of carbonyl (C=O) groups excluding carboxylic acids is 2. The molecule has 1 fully saturated rings. The van der Waals surface area contributed by atoms with Crippen LogP contribution in [-0.2, 0) is 14.3 Å². The molecule has 1 aliphatic carbocycles. The number of benzene rings is 1. The Bertz CT molecular complexity index is 770. The number of halogens is 1. The van der Waals surface area contributed by atoms with Gasteiger partial charge in [-0.2, -0.15) is 5.26 Å². The molecule has 2 atom stereocenters. The van der Waals surface area contributed by atoms with Gasteiger partial charge in [-0.05, 0) is 58.5 Å². The van der Waals surface area contributed by atoms with Gasteiger partial charge >= 0.3 is 5.97 Å². The second-order valence-corrected chi connectivity index (χ2v) is 7.42. The predicted octanol–water partition coefficient (Wildman–Crippen LogP) is 3.60. The standard InChI is InChI=1S/C20H23BrN2O4/c1-13-5-3-4-6-17(13)23-20(25)15(11-22)9-14-7-8-18(16(21)10-14)27-12-19(24)26-2/h7-10,13,17H,3-6,12H2,1-2H3,(H,23,25)/b15-9+/t13-,17+/m0/s1. The van der Waals surface area contributed by atoms with Crippen LogP contribution in [0, 0.1) is 17.2 Å². The van der Waals surface area contributed by atoms with Gasteiger partial charge in [0.1, 0.15) is 17.4 Å². The summed E-state index contributed by atoms with van der Waals surface area (Å²) in [5, 5.41) is 12.4. The lowest BCUT2D eigenvalue weighted by molar-refractivity contribution is -0.142. The number of amides is 1. The molecule has 1 aliphatic rings. The summed E-state index contributed by atoms with van der Waals surface area (Å²) < 4.78 is 10.5. The fraction of sp³-hybridized carbons (Fsp3) is 0.450. The van der Waals surface area contributed by atoms with Crippen LogP contribution in [0.25, 0.3) is 6.08 Å². The topological polar surface area (TPSA) is 88.4 Å². The number of ether oxygens (including phenoxy) is 2. The van der Waals surface area contributed by atoms with Crippen LogP contribution in [0.4, 0.5) is 0 Å². The number of carbonyl (C=O) groups is 2. The molecule has 1 aromatic rings. The maximum absolute atomic E-state index is 12.5. The molecule has 0 spiro atoms. The zero-order chi connectivity index (χ0) is 19.8. The molecule has 1 aromatic carbocycles. The van der Waals surface area contributed by atoms with Crippen LogP contribution in [0.1, 0.15) is 38.2 Å². The first-order valence-electron chi connectivity index (χ1n) is 8.86. The van der Waals surface area contributed by atoms with E-state index in [-0.39, 0.29) is 24.1 Å². The van der Waals surface area contributed by atoms with Crippen LogP contribution in [0.2, 0.25) is 0 Å². The Morgan fingerprint density at radius 1 is 1.37 bits per heavy atom. The number of rotatable bonds is 6. The van der Waals surface area contributed by atoms with E-state index < -0.39 is 5.97 Å². The minimum Gasteiger partial charge on any atom is -0.481 e. The Morgan fingerprint density at radius 3 is 2.74 bits per heavy atom. The van der Waals surface area contributed by atoms with Crippen molar-refractivity contribution in [1.82, 2.24) is 5.32 Å². The number of hydrogen-bond acceptors (Lipinski definition) is 5. The number of nitrogens with one attached hydrogen (secondary N) is 1. The lowest BCUT2D eigenvalue weighted by atomic mass is 9.86. The minimum atomic E-state index is -0.480. The first-order valence-corrected chi connectivity index (χ1v) is 9.65. The molecule has 0 radical (unpaired) electrons. The Balaban J connectivity index is 2.07. The summed E-state index contributed by atoms with van der Waals surface area (Å²) in [5.41, 5.74) is 0.735. The normalized spacial score (nSPS) is 19.7. The molecule has 2 rings (SSSR count). The highest BCUT2D eigenvalue weighted by molar-refractivity contribution is 9.10. The smallest absolute Gasteiger partial charge is 0.343 e. The van der Waals surface area contributed by atoms with Gasteiger partial charge in [0, 0.05) is 6.04 Å². The van der Waals surface area contributed by atoms with E-state index in [1.807, 2.05) is 6.07 Å². The maximum Gasteiger partial charge on any atom is 0.343 e. The van der Waals surface area contributed by atoms with Crippen LogP contribution in [0.15, 0.2) is 28.2 Å². The SMILES string of the molecule is COC(=O)COc1ccc(/C=C(\C#N)C(=O)N[C@@H]2CCCC[C@@H]2C)cc1Br. The third-order valence-corrected chi connectivity index (χ3v) is 5.25. The Morgan fingerprint density at radius 2 is 2.11 bits per heavy atom. The quantitative estimate of drug-likeness (QED) is 0.419. The third-order valence-electron chi connectivity index (χ3n) is 4.63. The van der Waals surface area contributed by atoms with Crippen LogP contribution < -0.4 is 10.1 Å². The van der Waals surface area contributed by atoms with E-state index in [0.717, 1.165) is 19.3 Å². The molecule has 0 unspecified atom stereocenters. The van der Waals surface area contributed by atoms with Crippen LogP contribution in [0.3, 0.4) is 0 Å². The highest BCUT2D eigenvalue weighted by atomic mass is 79.9. The molecule has 7 heteroatoms. The van der Waals surface area contributed by atoms with Crippen LogP contribution in [0.5, 0.6) is 5.75 Å². The Hall–Kier alpha value is -2.33. The van der Waals surface area contributed by atoms with Gasteiger partial charge in [-0.25, -0.2) is 4.79 Å². The van der Waals surface area contributed by atoms with Crippen LogP contribution >= 0.6 is 15.9 Å². The second-order valence-electron chi connectivity index (χ2n) is 6.57. The van der Waals surface area contributed by atoms with Crippen LogP contribution in [-0.4, -0.2) is 31.6 Å². The van der Waals surface area contributed by atoms with Crippen molar-refractivity contribution in [3.63, 3.8) is 0 Å². The summed E-state index contributed by atoms with van der Waals surface area (Å²) in [6, 6.07) is 7.19. The first kappa shape index (κ1) is 21.0. The average molecular weight is 435 g/mol. The van der Waals surface area contributed by atoms with E-state index in [1.54, 1.807) is 18.2 Å². The van der Waals surface area contributed by atoms with Crippen molar-refractivity contribution in [3.8, 4) is 11.8 Å². The van der Waals surface area contributed by atoms with Crippen molar-refractivity contribution in [1.29, 1.82) is 5.26 Å². The number of hydrogen-bond donors (Lipinski definition) is 1. The van der Waals surface area contributed by atoms with Gasteiger partial charge < -0.3 is 14.8 Å². The number of nitriles is 1. The van der Waals surface area contributed by atoms with Crippen molar-refractivity contribution in [2.45, 2.75) is 38.6 Å². The Kier molecular flexibility index (Phi) is 7.86. The summed E-state index contributed by atoms with van der Waals surface area (Å²) in [6.45, 7) is 1.93. The van der Waals surface area contributed by atoms with E-state index in [4.69, 9.17) is 4.74 Å². The molecular formula is C20H23BrN2O4. The fourth-order valence-corrected chi connectivity index (χ4v) is 3.52. The fourth-order valence-electron chi connectivity index (χ4n) is 3.01. The van der Waals surface area contributed by atoms with Crippen molar-refractivity contribution in [2.24, 2.45) is 5.92 Å². The van der Waals surface area contributed by atoms with Gasteiger partial charge in [-0.1, -0.05) is 25.8 Å². The predicted molar refractivity (Wildman–Crippen MR) is 105 cm³/mol. The number of esters is 1. The molecule has 0 aliphatic heterocycles. The summed E-state index contributed by atoms with van der Waals surface area (Å²) in [6.07, 6.45) is 5.87. The van der Waals surface area contributed by atoms with E-state index in [1.165, 1.54) is 19.6 Å². The molecule has 1 N–H and O–H groups in total. The zero-order valence-electron chi connectivity index (χ0n) is 15.5. The zero-order valence-corrected chi connectivity index (χ0v) is 17.0. The summed E-state index contributed by atoms with van der Waals surface area (Å²) in [7, 11) is 1.29. The van der Waals surface area contributed by atoms with E-state index in [9.17, 15) is 14.9 Å². The van der Waals surface area contributed by atoms with Gasteiger partial charge in [0.2, 0.25) is 0 Å². The summed E-state index contributed by atoms with van der Waals surface area (Å²) >= 11 is 3.37. The van der Waals surface area contributed by atoms with Gasteiger partial charge in [-0.15, -0.1) is 0 Å². The summed E-state index contributed by atoms with van der Waals surface area (Å²) in [5.74, 6) is 0.0595. The third kappa shape index (κ3) is 6.10. The Labute approximate surface area is 167 Å². The molecule has 144 valence electrons. The minimum absolute atomic E-state index is 0.0582. The first-order chi connectivity index (χ1) is 12.9. The average Bonchev–Trinajstić information content (AvgIpc) is 2.66. The molecule has 1 amide bonds. The van der Waals surface area contributed by atoms with Crippen molar-refractivity contribution in [3.05, 3.63) is 33.8 Å². The van der Waals surface area contributed by atoms with Crippen molar-refractivity contribution < 1.29 is 19.1 Å². The van der Waals surface area contributed by atoms with E-state index in [0.29, 0.717) is 21.7 Å². The number of methoxy groups -OCH3 is 1. The van der Waals surface area contributed by atoms with Gasteiger partial charge in [0.25, 0.3) is 5.91 Å². The van der Waals surface area contributed by atoms with Gasteiger partial charge in [0.05, 0.1) is 11.6 Å². The molecule has 0 saturated heterocycles. The monoisotopic (exact) mass is 434 g/mol. The highest BCUT2D eigenvalue weighted by Gasteiger charge is 2.24. The lowest BCUT2D eigenvalue weighted by Crippen LogP contribution is -2.41. The molecule has 0 heterocycles. The molecule has 6 nitrogen and oxygen atoms in total. The molecule has 1 saturated carbocycles. The summed E-state index contributed by atoms with van der Waals surface area (Å²) in [4.78, 5) is 23.6. The molecule has 0 aromatic heterocycles. The van der Waals surface area contributed by atoms with Gasteiger partial charge in [-0.3, -0.25) is 4.79 Å². The van der Waals surface area contributed by atoms with E-state index >= 15 is 0 Å². The second kappa shape index (κ2) is 10.1. The van der Waals surface area contributed by atoms with E-state index in [2.05, 4.69) is 32.9 Å². The molecule has 27 heavy (non-hydrogen) atoms. The maximum atomic E-state index is 12.5. The van der Waals surface area contributed by atoms with Crippen molar-refractivity contribution in [2.75, 3.05) is 13.7 Å². The highest BCUT2D eigenvalue weighted by Crippen LogP contribution is 2.27.